The zero-order chi connectivity index (χ0) is 14.5. The summed E-state index contributed by atoms with van der Waals surface area (Å²) >= 11 is 0. The van der Waals surface area contributed by atoms with E-state index in [0.29, 0.717) is 17.1 Å². The Labute approximate surface area is 122 Å². The summed E-state index contributed by atoms with van der Waals surface area (Å²) in [6.07, 6.45) is 1.59. The zero-order valence-corrected chi connectivity index (χ0v) is 12.8. The van der Waals surface area contributed by atoms with E-state index in [9.17, 15) is 9.00 Å². The zero-order valence-electron chi connectivity index (χ0n) is 11.9. The Morgan fingerprint density at radius 1 is 1.40 bits per heavy atom. The van der Waals surface area contributed by atoms with E-state index in [1.165, 1.54) is 0 Å². The molecule has 1 aliphatic heterocycles. The normalized spacial score (nSPS) is 22.3. The topological polar surface area (TPSA) is 71.1 Å². The van der Waals surface area contributed by atoms with Crippen LogP contribution in [0.5, 0.6) is 0 Å². The van der Waals surface area contributed by atoms with Gasteiger partial charge in [0.25, 0.3) is 5.91 Å². The van der Waals surface area contributed by atoms with Crippen LogP contribution in [0.1, 0.15) is 35.8 Å². The number of amides is 1. The summed E-state index contributed by atoms with van der Waals surface area (Å²) in [7, 11) is -0.702. The summed E-state index contributed by atoms with van der Waals surface area (Å²) in [4.78, 5) is 16.6. The molecule has 6 heteroatoms. The predicted octanol–water partition coefficient (Wildman–Crippen LogP) is 1.46. The van der Waals surface area contributed by atoms with E-state index in [4.69, 9.17) is 0 Å². The Morgan fingerprint density at radius 3 is 2.75 bits per heavy atom. The number of anilines is 1. The van der Waals surface area contributed by atoms with Crippen LogP contribution in [-0.4, -0.2) is 39.2 Å². The Bertz CT molecular complexity index is 509. The molecule has 2 N–H and O–H groups in total. The fourth-order valence-corrected chi connectivity index (χ4v) is 3.58. The lowest BCUT2D eigenvalue weighted by atomic mass is 10.1. The van der Waals surface area contributed by atoms with Gasteiger partial charge < -0.3 is 10.6 Å². The van der Waals surface area contributed by atoms with Gasteiger partial charge in [-0.25, -0.2) is 4.98 Å². The minimum absolute atomic E-state index is 0.0765. The van der Waals surface area contributed by atoms with E-state index >= 15 is 0 Å². The molecule has 0 unspecified atom stereocenters. The minimum Gasteiger partial charge on any atom is -0.370 e. The van der Waals surface area contributed by atoms with Crippen LogP contribution in [0, 0.1) is 6.92 Å². The summed E-state index contributed by atoms with van der Waals surface area (Å²) in [6.45, 7) is 4.64. The Hall–Kier alpha value is -1.43. The minimum atomic E-state index is -0.702. The van der Waals surface area contributed by atoms with Crippen molar-refractivity contribution in [2.45, 2.75) is 32.7 Å². The molecule has 5 nitrogen and oxygen atoms in total. The average Bonchev–Trinajstić information content (AvgIpc) is 2.41. The number of rotatable bonds is 4. The monoisotopic (exact) mass is 295 g/mol. The molecular formula is C14H21N3O2S. The second kappa shape index (κ2) is 6.83. The number of aryl methyl sites for hydroxylation is 1. The van der Waals surface area contributed by atoms with Crippen molar-refractivity contribution >= 4 is 22.5 Å². The van der Waals surface area contributed by atoms with Crippen molar-refractivity contribution in [2.75, 3.05) is 23.4 Å². The molecule has 0 bridgehead atoms. The molecule has 1 aliphatic rings. The first-order chi connectivity index (χ1) is 9.58. The lowest BCUT2D eigenvalue weighted by Crippen LogP contribution is -2.39. The number of carbonyl (C=O) groups excluding carboxylic acids is 1. The lowest BCUT2D eigenvalue weighted by molar-refractivity contribution is 0.0934. The first-order valence-electron chi connectivity index (χ1n) is 6.97. The number of aromatic nitrogens is 1. The van der Waals surface area contributed by atoms with Crippen LogP contribution >= 0.6 is 0 Å². The van der Waals surface area contributed by atoms with Gasteiger partial charge in [-0.2, -0.15) is 0 Å². The first kappa shape index (κ1) is 15.0. The first-order valence-corrected chi connectivity index (χ1v) is 8.45. The highest BCUT2D eigenvalue weighted by molar-refractivity contribution is 7.85. The van der Waals surface area contributed by atoms with Crippen molar-refractivity contribution in [3.8, 4) is 0 Å². The molecule has 2 heterocycles. The van der Waals surface area contributed by atoms with Gasteiger partial charge in [0.15, 0.2) is 0 Å². The average molecular weight is 295 g/mol. The summed E-state index contributed by atoms with van der Waals surface area (Å²) in [6, 6.07) is 3.69. The number of hydrogen-bond donors (Lipinski definition) is 2. The molecule has 1 aromatic heterocycles. The molecule has 20 heavy (non-hydrogen) atoms. The van der Waals surface area contributed by atoms with Crippen molar-refractivity contribution < 1.29 is 9.00 Å². The highest BCUT2D eigenvalue weighted by Gasteiger charge is 2.20. The van der Waals surface area contributed by atoms with Crippen LogP contribution in [-0.2, 0) is 10.8 Å². The third-order valence-electron chi connectivity index (χ3n) is 3.30. The van der Waals surface area contributed by atoms with E-state index in [2.05, 4.69) is 15.6 Å². The molecule has 0 aromatic carbocycles. The maximum absolute atomic E-state index is 12.3. The van der Waals surface area contributed by atoms with Crippen molar-refractivity contribution in [3.05, 3.63) is 23.4 Å². The van der Waals surface area contributed by atoms with Gasteiger partial charge in [-0.1, -0.05) is 0 Å². The smallest absolute Gasteiger partial charge is 0.251 e. The van der Waals surface area contributed by atoms with E-state index < -0.39 is 10.8 Å². The Kier molecular flexibility index (Phi) is 5.11. The van der Waals surface area contributed by atoms with Crippen LogP contribution in [0.3, 0.4) is 0 Å². The second-order valence-corrected chi connectivity index (χ2v) is 6.70. The van der Waals surface area contributed by atoms with Crippen molar-refractivity contribution in [2.24, 2.45) is 0 Å². The number of hydrogen-bond acceptors (Lipinski definition) is 4. The van der Waals surface area contributed by atoms with Crippen molar-refractivity contribution in [1.29, 1.82) is 0 Å². The number of carbonyl (C=O) groups is 1. The SMILES string of the molecule is CCNc1cc(C(=O)NC2CCS(=O)CC2)cc(C)n1. The van der Waals surface area contributed by atoms with Crippen LogP contribution in [0.25, 0.3) is 0 Å². The van der Waals surface area contributed by atoms with E-state index in [1.807, 2.05) is 13.8 Å². The molecule has 1 fully saturated rings. The number of nitrogens with zero attached hydrogens (tertiary/aromatic N) is 1. The summed E-state index contributed by atoms with van der Waals surface area (Å²) in [5, 5.41) is 6.15. The maximum Gasteiger partial charge on any atom is 0.251 e. The molecule has 0 aliphatic carbocycles. The standard InChI is InChI=1S/C14H21N3O2S/c1-3-15-13-9-11(8-10(2)16-13)14(18)17-12-4-6-20(19)7-5-12/h8-9,12H,3-7H2,1-2H3,(H,15,16)(H,17,18). The van der Waals surface area contributed by atoms with Crippen LogP contribution in [0.4, 0.5) is 5.82 Å². The summed E-state index contributed by atoms with van der Waals surface area (Å²) in [5.41, 5.74) is 1.44. The largest absolute Gasteiger partial charge is 0.370 e. The highest BCUT2D eigenvalue weighted by atomic mass is 32.2. The van der Waals surface area contributed by atoms with Crippen LogP contribution in [0.2, 0.25) is 0 Å². The molecule has 1 aromatic rings. The van der Waals surface area contributed by atoms with Gasteiger partial charge in [0.1, 0.15) is 5.82 Å². The van der Waals surface area contributed by atoms with Gasteiger partial charge in [-0.3, -0.25) is 9.00 Å². The molecule has 1 saturated heterocycles. The molecule has 1 amide bonds. The van der Waals surface area contributed by atoms with Gasteiger partial charge in [0.05, 0.1) is 0 Å². The van der Waals surface area contributed by atoms with Crippen molar-refractivity contribution in [3.63, 3.8) is 0 Å². The molecule has 0 atom stereocenters. The van der Waals surface area contributed by atoms with Gasteiger partial charge in [-0.05, 0) is 38.8 Å². The quantitative estimate of drug-likeness (QED) is 0.882. The van der Waals surface area contributed by atoms with Crippen LogP contribution in [0.15, 0.2) is 12.1 Å². The molecule has 110 valence electrons. The summed E-state index contributed by atoms with van der Waals surface area (Å²) in [5.74, 6) is 2.01. The van der Waals surface area contributed by atoms with Gasteiger partial charge in [0, 0.05) is 46.1 Å². The Morgan fingerprint density at radius 2 is 2.10 bits per heavy atom. The Balaban J connectivity index is 2.03. The van der Waals surface area contributed by atoms with Crippen molar-refractivity contribution in [1.82, 2.24) is 10.3 Å². The number of nitrogens with one attached hydrogen (secondary N) is 2. The van der Waals surface area contributed by atoms with Crippen LogP contribution < -0.4 is 10.6 Å². The fraction of sp³-hybridized carbons (Fsp3) is 0.571. The second-order valence-electron chi connectivity index (χ2n) is 5.01. The third kappa shape index (κ3) is 4.03. The summed E-state index contributed by atoms with van der Waals surface area (Å²) < 4.78 is 11.3. The lowest BCUT2D eigenvalue weighted by Gasteiger charge is -2.22. The van der Waals surface area contributed by atoms with Gasteiger partial charge in [-0.15, -0.1) is 0 Å². The van der Waals surface area contributed by atoms with Gasteiger partial charge in [0.2, 0.25) is 0 Å². The molecule has 0 spiro atoms. The number of pyridine rings is 1. The van der Waals surface area contributed by atoms with E-state index in [1.54, 1.807) is 12.1 Å². The van der Waals surface area contributed by atoms with E-state index in [-0.39, 0.29) is 11.9 Å². The third-order valence-corrected chi connectivity index (χ3v) is 4.68. The molecule has 2 rings (SSSR count). The molecule has 0 saturated carbocycles. The van der Waals surface area contributed by atoms with Gasteiger partial charge >= 0.3 is 0 Å². The molecular weight excluding hydrogens is 274 g/mol. The fourth-order valence-electron chi connectivity index (χ4n) is 2.28. The molecule has 0 radical (unpaired) electrons. The maximum atomic E-state index is 12.3. The predicted molar refractivity (Wildman–Crippen MR) is 81.5 cm³/mol. The highest BCUT2D eigenvalue weighted by Crippen LogP contribution is 2.13. The van der Waals surface area contributed by atoms with E-state index in [0.717, 1.165) is 30.9 Å².